The standard InChI is InChI=1S/C22H25N5O2S/c1-2-18-23-22-27(24-18)21(28)20(30-22)19(17-9-6-14-29-17)26-12-10-25(11-13-26)15-16-7-4-3-5-8-16/h3-9,14,19,28H,2,10-13,15H2,1H3/p+2/t19-/m0/s1. The number of aryl methyl sites for hydroxylation is 1. The average Bonchev–Trinajstić information content (AvgIpc) is 3.50. The van der Waals surface area contributed by atoms with E-state index < -0.39 is 0 Å². The van der Waals surface area contributed by atoms with Gasteiger partial charge in [0.1, 0.15) is 37.6 Å². The summed E-state index contributed by atoms with van der Waals surface area (Å²) in [5.74, 6) is 1.82. The van der Waals surface area contributed by atoms with Gasteiger partial charge in [0.25, 0.3) is 0 Å². The molecule has 1 aromatic carbocycles. The Hall–Kier alpha value is -2.68. The van der Waals surface area contributed by atoms with Crippen LogP contribution in [0, 0.1) is 0 Å². The lowest BCUT2D eigenvalue weighted by Gasteiger charge is -2.33. The highest BCUT2D eigenvalue weighted by Gasteiger charge is 2.37. The lowest BCUT2D eigenvalue weighted by molar-refractivity contribution is -1.03. The molecule has 0 unspecified atom stereocenters. The van der Waals surface area contributed by atoms with Crippen LogP contribution in [0.1, 0.15) is 35.0 Å². The maximum Gasteiger partial charge on any atom is 0.235 e. The fourth-order valence-electron chi connectivity index (χ4n) is 4.37. The summed E-state index contributed by atoms with van der Waals surface area (Å²) < 4.78 is 7.39. The second-order valence-electron chi connectivity index (χ2n) is 7.88. The van der Waals surface area contributed by atoms with Gasteiger partial charge in [-0.15, -0.1) is 5.10 Å². The van der Waals surface area contributed by atoms with Crippen LogP contribution in [0.15, 0.2) is 53.1 Å². The minimum atomic E-state index is -0.0446. The first-order valence-electron chi connectivity index (χ1n) is 10.6. The van der Waals surface area contributed by atoms with E-state index in [2.05, 4.69) is 40.4 Å². The molecule has 7 nitrogen and oxygen atoms in total. The SMILES string of the molecule is CCc1nc2sc([C@H](c3ccco3)[NH+]3CC[NH+](Cc4ccccc4)CC3)c(O)n2n1. The molecule has 30 heavy (non-hydrogen) atoms. The van der Waals surface area contributed by atoms with Crippen molar-refractivity contribution in [1.82, 2.24) is 14.6 Å². The van der Waals surface area contributed by atoms with Crippen LogP contribution >= 0.6 is 11.3 Å². The minimum Gasteiger partial charge on any atom is -0.492 e. The zero-order chi connectivity index (χ0) is 20.5. The molecule has 5 rings (SSSR count). The molecule has 0 aliphatic carbocycles. The van der Waals surface area contributed by atoms with Crippen LogP contribution < -0.4 is 9.80 Å². The normalized spacial score (nSPS) is 20.6. The van der Waals surface area contributed by atoms with Crippen molar-refractivity contribution in [2.45, 2.75) is 25.9 Å². The van der Waals surface area contributed by atoms with Crippen LogP contribution in [0.3, 0.4) is 0 Å². The van der Waals surface area contributed by atoms with E-state index in [0.717, 1.165) is 60.6 Å². The van der Waals surface area contributed by atoms with Crippen LogP contribution in [0.5, 0.6) is 5.88 Å². The molecule has 1 fully saturated rings. The summed E-state index contributed by atoms with van der Waals surface area (Å²) in [6.07, 6.45) is 2.46. The molecule has 0 spiro atoms. The van der Waals surface area contributed by atoms with Gasteiger partial charge in [0, 0.05) is 12.0 Å². The zero-order valence-corrected chi connectivity index (χ0v) is 17.9. The molecule has 4 aromatic rings. The number of fused-ring (bicyclic) bond motifs is 1. The number of hydrogen-bond acceptors (Lipinski definition) is 5. The Bertz CT molecular complexity index is 1100. The second kappa shape index (κ2) is 8.22. The van der Waals surface area contributed by atoms with Gasteiger partial charge in [-0.05, 0) is 12.1 Å². The summed E-state index contributed by atoms with van der Waals surface area (Å²) in [4.78, 5) is 9.18. The molecule has 4 heterocycles. The van der Waals surface area contributed by atoms with E-state index >= 15 is 0 Å². The molecule has 1 saturated heterocycles. The van der Waals surface area contributed by atoms with E-state index in [1.807, 2.05) is 19.1 Å². The third-order valence-corrected chi connectivity index (χ3v) is 7.04. The molecule has 1 aliphatic rings. The second-order valence-corrected chi connectivity index (χ2v) is 8.89. The van der Waals surface area contributed by atoms with Gasteiger partial charge in [0.2, 0.25) is 10.8 Å². The van der Waals surface area contributed by atoms with Gasteiger partial charge < -0.3 is 19.3 Å². The van der Waals surface area contributed by atoms with Crippen LogP contribution in [0.4, 0.5) is 0 Å². The number of furan rings is 1. The first-order valence-corrected chi connectivity index (χ1v) is 11.4. The highest BCUT2D eigenvalue weighted by Crippen LogP contribution is 2.35. The van der Waals surface area contributed by atoms with Crippen molar-refractivity contribution < 1.29 is 19.3 Å². The first-order chi connectivity index (χ1) is 14.7. The van der Waals surface area contributed by atoms with E-state index in [1.54, 1.807) is 15.7 Å². The predicted molar refractivity (Wildman–Crippen MR) is 114 cm³/mol. The summed E-state index contributed by atoms with van der Waals surface area (Å²) in [5.41, 5.74) is 1.38. The molecule has 1 aliphatic heterocycles. The number of rotatable bonds is 6. The molecule has 3 aromatic heterocycles. The topological polar surface area (TPSA) is 72.4 Å². The van der Waals surface area contributed by atoms with Crippen molar-refractivity contribution in [3.05, 3.63) is 70.8 Å². The van der Waals surface area contributed by atoms with E-state index in [1.165, 1.54) is 21.8 Å². The summed E-state index contributed by atoms with van der Waals surface area (Å²) in [5, 5.41) is 15.4. The molecule has 8 heteroatoms. The van der Waals surface area contributed by atoms with E-state index in [4.69, 9.17) is 4.42 Å². The van der Waals surface area contributed by atoms with E-state index in [0.29, 0.717) is 0 Å². The zero-order valence-electron chi connectivity index (χ0n) is 17.0. The molecule has 1 atom stereocenters. The van der Waals surface area contributed by atoms with Gasteiger partial charge in [-0.2, -0.15) is 4.52 Å². The summed E-state index contributed by atoms with van der Waals surface area (Å²) in [6.45, 7) is 7.28. The largest absolute Gasteiger partial charge is 0.492 e. The summed E-state index contributed by atoms with van der Waals surface area (Å²) in [7, 11) is 0. The lowest BCUT2D eigenvalue weighted by atomic mass is 10.1. The van der Waals surface area contributed by atoms with E-state index in [-0.39, 0.29) is 11.9 Å². The molecule has 0 saturated carbocycles. The smallest absolute Gasteiger partial charge is 0.235 e. The Balaban J connectivity index is 1.38. The number of aromatic nitrogens is 3. The predicted octanol–water partition coefficient (Wildman–Crippen LogP) is 0.725. The maximum absolute atomic E-state index is 11.0. The van der Waals surface area contributed by atoms with Gasteiger partial charge in [-0.25, -0.2) is 4.98 Å². The lowest BCUT2D eigenvalue weighted by Crippen LogP contribution is -3.27. The number of nitrogens with zero attached hydrogens (tertiary/aromatic N) is 3. The number of nitrogens with one attached hydrogen (secondary N) is 2. The third-order valence-electron chi connectivity index (χ3n) is 5.95. The molecule has 0 amide bonds. The molecular weight excluding hydrogens is 398 g/mol. The van der Waals surface area contributed by atoms with Crippen molar-refractivity contribution in [1.29, 1.82) is 0 Å². The van der Waals surface area contributed by atoms with Gasteiger partial charge >= 0.3 is 0 Å². The Kier molecular flexibility index (Phi) is 5.28. The third kappa shape index (κ3) is 3.62. The fraction of sp³-hybridized carbons (Fsp3) is 0.364. The first kappa shape index (κ1) is 19.3. The number of benzene rings is 1. The van der Waals surface area contributed by atoms with Crippen molar-refractivity contribution in [3.63, 3.8) is 0 Å². The van der Waals surface area contributed by atoms with Gasteiger partial charge in [0.05, 0.1) is 6.26 Å². The van der Waals surface area contributed by atoms with Crippen molar-refractivity contribution >= 4 is 16.3 Å². The van der Waals surface area contributed by atoms with Crippen molar-refractivity contribution in [2.24, 2.45) is 0 Å². The Morgan fingerprint density at radius 1 is 1.13 bits per heavy atom. The van der Waals surface area contributed by atoms with Crippen LogP contribution in [0.2, 0.25) is 0 Å². The fourth-order valence-corrected chi connectivity index (χ4v) is 5.51. The summed E-state index contributed by atoms with van der Waals surface area (Å²) >= 11 is 1.52. The van der Waals surface area contributed by atoms with E-state index in [9.17, 15) is 5.11 Å². The van der Waals surface area contributed by atoms with Crippen molar-refractivity contribution in [2.75, 3.05) is 26.2 Å². The van der Waals surface area contributed by atoms with Crippen LogP contribution in [0.25, 0.3) is 4.96 Å². The number of thiazole rings is 1. The Morgan fingerprint density at radius 3 is 2.60 bits per heavy atom. The Labute approximate surface area is 179 Å². The van der Waals surface area contributed by atoms with Gasteiger partial charge in [-0.1, -0.05) is 48.6 Å². The molecular formula is C22H27N5O2S+2. The average molecular weight is 426 g/mol. The maximum atomic E-state index is 11.0. The molecule has 3 N–H and O–H groups in total. The highest BCUT2D eigenvalue weighted by molar-refractivity contribution is 7.17. The number of aromatic hydroxyl groups is 1. The summed E-state index contributed by atoms with van der Waals surface area (Å²) in [6, 6.07) is 14.6. The molecule has 0 radical (unpaired) electrons. The molecule has 0 bridgehead atoms. The quantitative estimate of drug-likeness (QED) is 0.426. The number of piperazine rings is 1. The Morgan fingerprint density at radius 2 is 1.93 bits per heavy atom. The van der Waals surface area contributed by atoms with Gasteiger partial charge in [0.15, 0.2) is 17.6 Å². The molecule has 156 valence electrons. The highest BCUT2D eigenvalue weighted by atomic mass is 32.1. The van der Waals surface area contributed by atoms with Crippen LogP contribution in [-0.2, 0) is 13.0 Å². The number of quaternary nitrogens is 2. The number of hydrogen-bond donors (Lipinski definition) is 3. The minimum absolute atomic E-state index is 0.0446. The van der Waals surface area contributed by atoms with Crippen LogP contribution in [-0.4, -0.2) is 45.9 Å². The monoisotopic (exact) mass is 425 g/mol. The van der Waals surface area contributed by atoms with Gasteiger partial charge in [-0.3, -0.25) is 0 Å². The van der Waals surface area contributed by atoms with Crippen molar-refractivity contribution in [3.8, 4) is 5.88 Å².